The van der Waals surface area contributed by atoms with Gasteiger partial charge in [0.15, 0.2) is 0 Å². The van der Waals surface area contributed by atoms with Crippen molar-refractivity contribution in [2.45, 2.75) is 71.6 Å². The summed E-state index contributed by atoms with van der Waals surface area (Å²) in [6.07, 6.45) is 16.8. The highest BCUT2D eigenvalue weighted by atomic mass is 16.5. The quantitative estimate of drug-likeness (QED) is 0.405. The normalized spacial score (nSPS) is 32.4. The molecule has 0 aromatic carbocycles. The minimum atomic E-state index is 0.803. The number of hydrogen-bond acceptors (Lipinski definition) is 2. The van der Waals surface area contributed by atoms with Gasteiger partial charge in [0.2, 0.25) is 0 Å². The maximum atomic E-state index is 5.81. The minimum absolute atomic E-state index is 0.803. The summed E-state index contributed by atoms with van der Waals surface area (Å²) in [4.78, 5) is 0. The van der Waals surface area contributed by atoms with Gasteiger partial charge in [-0.25, -0.2) is 0 Å². The van der Waals surface area contributed by atoms with Crippen molar-refractivity contribution in [1.82, 2.24) is 0 Å². The van der Waals surface area contributed by atoms with Crippen molar-refractivity contribution in [3.8, 4) is 0 Å². The number of rotatable bonds is 9. The Morgan fingerprint density at radius 1 is 0.696 bits per heavy atom. The van der Waals surface area contributed by atoms with E-state index < -0.39 is 0 Å². The van der Waals surface area contributed by atoms with Crippen molar-refractivity contribution in [3.05, 3.63) is 12.2 Å². The summed E-state index contributed by atoms with van der Waals surface area (Å²) >= 11 is 0. The molecule has 0 radical (unpaired) electrons. The molecule has 0 aromatic rings. The summed E-state index contributed by atoms with van der Waals surface area (Å²) in [7, 11) is 0. The fraction of sp³-hybridized carbons (Fsp3) is 0.905. The smallest absolute Gasteiger partial charge is 0.0647 e. The second-order valence-corrected chi connectivity index (χ2v) is 7.64. The molecule has 2 nitrogen and oxygen atoms in total. The van der Waals surface area contributed by atoms with Gasteiger partial charge in [0, 0.05) is 19.8 Å². The number of ether oxygens (including phenoxy) is 2. The zero-order chi connectivity index (χ0) is 16.3. The van der Waals surface area contributed by atoms with Crippen LogP contribution in [0.3, 0.4) is 0 Å². The molecular formula is C21H38O2. The summed E-state index contributed by atoms with van der Waals surface area (Å²) < 4.78 is 11.4. The summed E-state index contributed by atoms with van der Waals surface area (Å²) in [5.74, 6) is 3.66. The molecule has 0 atom stereocenters. The highest BCUT2D eigenvalue weighted by Crippen LogP contribution is 2.41. The van der Waals surface area contributed by atoms with Crippen LogP contribution in [0.5, 0.6) is 0 Å². The Labute approximate surface area is 144 Å². The lowest BCUT2D eigenvalue weighted by atomic mass is 9.69. The van der Waals surface area contributed by atoms with E-state index in [-0.39, 0.29) is 0 Å². The Morgan fingerprint density at radius 3 is 1.70 bits per heavy atom. The lowest BCUT2D eigenvalue weighted by Crippen LogP contribution is -2.28. The first-order chi connectivity index (χ1) is 11.3. The van der Waals surface area contributed by atoms with Gasteiger partial charge in [-0.2, -0.15) is 0 Å². The Bertz CT molecular complexity index is 310. The van der Waals surface area contributed by atoms with E-state index in [9.17, 15) is 0 Å². The van der Waals surface area contributed by atoms with E-state index in [2.05, 4.69) is 26.0 Å². The van der Waals surface area contributed by atoms with Gasteiger partial charge in [-0.1, -0.05) is 19.1 Å². The Balaban J connectivity index is 1.57. The van der Waals surface area contributed by atoms with E-state index >= 15 is 0 Å². The molecule has 0 saturated heterocycles. The van der Waals surface area contributed by atoms with Crippen molar-refractivity contribution in [3.63, 3.8) is 0 Å². The van der Waals surface area contributed by atoms with Crippen molar-refractivity contribution in [1.29, 1.82) is 0 Å². The van der Waals surface area contributed by atoms with Gasteiger partial charge in [0.05, 0.1) is 6.61 Å². The van der Waals surface area contributed by atoms with E-state index in [0.29, 0.717) is 0 Å². The molecule has 0 aromatic heterocycles. The standard InChI is InChI=1S/C21H38O2/c1-3-5-6-15-23-17-19-9-13-21(14-10-19)20-11-7-18(8-12-20)16-22-4-2/h5-6,18-21H,3-4,7-17H2,1-2H3/b6-5-. The predicted octanol–water partition coefficient (Wildman–Crippen LogP) is 5.62. The van der Waals surface area contributed by atoms with Gasteiger partial charge in [-0.15, -0.1) is 0 Å². The van der Waals surface area contributed by atoms with Crippen LogP contribution in [0.4, 0.5) is 0 Å². The molecule has 2 saturated carbocycles. The van der Waals surface area contributed by atoms with Crippen molar-refractivity contribution >= 4 is 0 Å². The maximum Gasteiger partial charge on any atom is 0.0647 e. The fourth-order valence-electron chi connectivity index (χ4n) is 4.47. The van der Waals surface area contributed by atoms with Gasteiger partial charge in [0.25, 0.3) is 0 Å². The van der Waals surface area contributed by atoms with Crippen molar-refractivity contribution in [2.75, 3.05) is 26.4 Å². The molecule has 134 valence electrons. The second-order valence-electron chi connectivity index (χ2n) is 7.64. The lowest BCUT2D eigenvalue weighted by Gasteiger charge is -2.37. The molecule has 2 fully saturated rings. The van der Waals surface area contributed by atoms with Gasteiger partial charge < -0.3 is 9.47 Å². The largest absolute Gasteiger partial charge is 0.381 e. The lowest BCUT2D eigenvalue weighted by molar-refractivity contribution is 0.0595. The van der Waals surface area contributed by atoms with Crippen LogP contribution in [-0.4, -0.2) is 26.4 Å². The Kier molecular flexibility index (Phi) is 9.29. The maximum absolute atomic E-state index is 5.81. The van der Waals surface area contributed by atoms with Crippen LogP contribution in [0.15, 0.2) is 12.2 Å². The SMILES string of the molecule is CC/C=C\COCC1CCC(C2CCC(COCC)CC2)CC1. The molecule has 2 heteroatoms. The third-order valence-electron chi connectivity index (χ3n) is 5.98. The second kappa shape index (κ2) is 11.3. The zero-order valence-corrected chi connectivity index (χ0v) is 15.5. The molecule has 0 spiro atoms. The average molecular weight is 323 g/mol. The van der Waals surface area contributed by atoms with E-state index in [1.807, 2.05) is 0 Å². The van der Waals surface area contributed by atoms with Gasteiger partial charge in [0.1, 0.15) is 0 Å². The number of hydrogen-bond donors (Lipinski definition) is 0. The van der Waals surface area contributed by atoms with Crippen LogP contribution >= 0.6 is 0 Å². The fourth-order valence-corrected chi connectivity index (χ4v) is 4.47. The molecule has 0 unspecified atom stereocenters. The van der Waals surface area contributed by atoms with Crippen LogP contribution in [-0.2, 0) is 9.47 Å². The van der Waals surface area contributed by atoms with Crippen LogP contribution in [0.25, 0.3) is 0 Å². The molecule has 0 N–H and O–H groups in total. The molecule has 0 amide bonds. The summed E-state index contributed by atoms with van der Waals surface area (Å²) in [6.45, 7) is 7.93. The van der Waals surface area contributed by atoms with E-state index in [1.165, 1.54) is 51.4 Å². The van der Waals surface area contributed by atoms with E-state index in [1.54, 1.807) is 0 Å². The monoisotopic (exact) mass is 322 g/mol. The minimum Gasteiger partial charge on any atom is -0.381 e. The third kappa shape index (κ3) is 6.97. The Hall–Kier alpha value is -0.340. The summed E-state index contributed by atoms with van der Waals surface area (Å²) in [5, 5.41) is 0. The molecular weight excluding hydrogens is 284 g/mol. The van der Waals surface area contributed by atoms with E-state index in [0.717, 1.165) is 56.5 Å². The van der Waals surface area contributed by atoms with E-state index in [4.69, 9.17) is 9.47 Å². The van der Waals surface area contributed by atoms with Crippen molar-refractivity contribution < 1.29 is 9.47 Å². The number of allylic oxidation sites excluding steroid dienone is 1. The molecule has 2 aliphatic rings. The zero-order valence-electron chi connectivity index (χ0n) is 15.5. The summed E-state index contributed by atoms with van der Waals surface area (Å²) in [6, 6.07) is 0. The molecule has 0 bridgehead atoms. The highest BCUT2D eigenvalue weighted by molar-refractivity contribution is 4.83. The van der Waals surface area contributed by atoms with Gasteiger partial charge >= 0.3 is 0 Å². The Morgan fingerprint density at radius 2 is 1.22 bits per heavy atom. The van der Waals surface area contributed by atoms with Gasteiger partial charge in [-0.3, -0.25) is 0 Å². The average Bonchev–Trinajstić information content (AvgIpc) is 2.61. The van der Waals surface area contributed by atoms with Crippen LogP contribution < -0.4 is 0 Å². The topological polar surface area (TPSA) is 18.5 Å². The molecule has 0 aliphatic heterocycles. The molecule has 2 rings (SSSR count). The molecule has 2 aliphatic carbocycles. The van der Waals surface area contributed by atoms with Crippen LogP contribution in [0.2, 0.25) is 0 Å². The highest BCUT2D eigenvalue weighted by Gasteiger charge is 2.30. The van der Waals surface area contributed by atoms with Crippen LogP contribution in [0.1, 0.15) is 71.6 Å². The first-order valence-corrected chi connectivity index (χ1v) is 10.1. The molecule has 0 heterocycles. The summed E-state index contributed by atoms with van der Waals surface area (Å²) in [5.41, 5.74) is 0. The van der Waals surface area contributed by atoms with Crippen LogP contribution in [0, 0.1) is 23.7 Å². The van der Waals surface area contributed by atoms with Gasteiger partial charge in [-0.05, 0) is 88.4 Å². The first kappa shape index (κ1) is 19.0. The predicted molar refractivity (Wildman–Crippen MR) is 97.6 cm³/mol. The van der Waals surface area contributed by atoms with Crippen molar-refractivity contribution in [2.24, 2.45) is 23.7 Å². The third-order valence-corrected chi connectivity index (χ3v) is 5.98. The molecule has 23 heavy (non-hydrogen) atoms. The first-order valence-electron chi connectivity index (χ1n) is 10.1.